The maximum Gasteiger partial charge on any atom is 0.287 e. The van der Waals surface area contributed by atoms with Crippen molar-refractivity contribution in [3.8, 4) is 0 Å². The van der Waals surface area contributed by atoms with Gasteiger partial charge in [0.1, 0.15) is 5.02 Å². The van der Waals surface area contributed by atoms with Gasteiger partial charge in [-0.15, -0.1) is 0 Å². The third-order valence-corrected chi connectivity index (χ3v) is 4.14. The van der Waals surface area contributed by atoms with Gasteiger partial charge in [-0.3, -0.25) is 4.79 Å². The number of hydrogen-bond acceptors (Lipinski definition) is 3. The van der Waals surface area contributed by atoms with E-state index in [1.54, 1.807) is 6.20 Å². The monoisotopic (exact) mass is 283 g/mol. The molecular formula is C14H22ClN3O. The van der Waals surface area contributed by atoms with E-state index in [1.807, 2.05) is 13.8 Å². The van der Waals surface area contributed by atoms with Crippen molar-refractivity contribution in [3.63, 3.8) is 0 Å². The van der Waals surface area contributed by atoms with Gasteiger partial charge in [-0.2, -0.15) is 5.10 Å². The molecule has 5 heteroatoms. The molecule has 0 atom stereocenters. The lowest BCUT2D eigenvalue weighted by atomic mass is 10.0. The van der Waals surface area contributed by atoms with Crippen LogP contribution in [0.5, 0.6) is 0 Å². The predicted octanol–water partition coefficient (Wildman–Crippen LogP) is 3.47. The van der Waals surface area contributed by atoms with Gasteiger partial charge < -0.3 is 5.32 Å². The molecule has 2 rings (SSSR count). The van der Waals surface area contributed by atoms with Crippen LogP contribution in [0, 0.1) is 5.92 Å². The molecule has 0 unspecified atom stereocenters. The van der Waals surface area contributed by atoms with E-state index in [1.165, 1.54) is 30.4 Å². The van der Waals surface area contributed by atoms with Crippen LogP contribution in [0.2, 0.25) is 5.02 Å². The molecule has 1 aromatic rings. The Morgan fingerprint density at radius 3 is 2.79 bits per heavy atom. The van der Waals surface area contributed by atoms with Gasteiger partial charge in [-0.25, -0.2) is 4.68 Å². The fourth-order valence-electron chi connectivity index (χ4n) is 2.65. The Morgan fingerprint density at radius 1 is 1.47 bits per heavy atom. The molecule has 0 radical (unpaired) electrons. The van der Waals surface area contributed by atoms with Crippen molar-refractivity contribution < 1.29 is 0 Å². The quantitative estimate of drug-likeness (QED) is 0.900. The molecule has 1 aromatic heterocycles. The highest BCUT2D eigenvalue weighted by atomic mass is 35.5. The second-order valence-electron chi connectivity index (χ2n) is 5.58. The number of hydrogen-bond donors (Lipinski definition) is 1. The van der Waals surface area contributed by atoms with E-state index < -0.39 is 0 Å². The highest BCUT2D eigenvalue weighted by Crippen LogP contribution is 2.27. The summed E-state index contributed by atoms with van der Waals surface area (Å²) in [5.41, 5.74) is 0.434. The topological polar surface area (TPSA) is 46.9 Å². The molecule has 0 saturated heterocycles. The normalized spacial score (nSPS) is 16.2. The first kappa shape index (κ1) is 14.4. The van der Waals surface area contributed by atoms with E-state index >= 15 is 0 Å². The molecule has 1 aliphatic rings. The molecule has 1 N–H and O–H groups in total. The lowest BCUT2D eigenvalue weighted by Crippen LogP contribution is -2.26. The molecule has 19 heavy (non-hydrogen) atoms. The highest BCUT2D eigenvalue weighted by molar-refractivity contribution is 6.32. The Balaban J connectivity index is 1.97. The number of halogens is 1. The van der Waals surface area contributed by atoms with Crippen LogP contribution in [-0.4, -0.2) is 16.3 Å². The summed E-state index contributed by atoms with van der Waals surface area (Å²) < 4.78 is 1.41. The molecule has 0 bridgehead atoms. The van der Waals surface area contributed by atoms with Crippen molar-refractivity contribution in [2.24, 2.45) is 5.92 Å². The van der Waals surface area contributed by atoms with Crippen LogP contribution >= 0.6 is 11.6 Å². The lowest BCUT2D eigenvalue weighted by molar-refractivity contribution is 0.502. The summed E-state index contributed by atoms with van der Waals surface area (Å²) in [5, 5.41) is 7.63. The first-order chi connectivity index (χ1) is 9.09. The zero-order valence-corrected chi connectivity index (χ0v) is 12.4. The van der Waals surface area contributed by atoms with E-state index in [9.17, 15) is 4.79 Å². The third kappa shape index (κ3) is 3.50. The van der Waals surface area contributed by atoms with Gasteiger partial charge in [-0.05, 0) is 26.2 Å². The van der Waals surface area contributed by atoms with Gasteiger partial charge in [0.2, 0.25) is 0 Å². The van der Waals surface area contributed by atoms with Gasteiger partial charge in [-0.1, -0.05) is 37.3 Å². The molecule has 0 spiro atoms. The first-order valence-corrected chi connectivity index (χ1v) is 7.48. The summed E-state index contributed by atoms with van der Waals surface area (Å²) in [6.07, 6.45) is 8.18. The minimum atomic E-state index is -0.220. The smallest absolute Gasteiger partial charge is 0.287 e. The van der Waals surface area contributed by atoms with E-state index in [4.69, 9.17) is 11.6 Å². The number of nitrogens with one attached hydrogen (secondary N) is 1. The predicted molar refractivity (Wildman–Crippen MR) is 79.0 cm³/mol. The van der Waals surface area contributed by atoms with E-state index in [-0.39, 0.29) is 16.6 Å². The molecule has 0 aliphatic heterocycles. The van der Waals surface area contributed by atoms with Gasteiger partial charge in [0, 0.05) is 6.54 Å². The van der Waals surface area contributed by atoms with Gasteiger partial charge >= 0.3 is 0 Å². The van der Waals surface area contributed by atoms with Crippen LogP contribution in [0.3, 0.4) is 0 Å². The van der Waals surface area contributed by atoms with Crippen molar-refractivity contribution in [2.75, 3.05) is 11.9 Å². The molecule has 106 valence electrons. The molecule has 1 fully saturated rings. The Hall–Kier alpha value is -1.03. The zero-order chi connectivity index (χ0) is 13.8. The van der Waals surface area contributed by atoms with Gasteiger partial charge in [0.25, 0.3) is 5.56 Å². The Kier molecular flexibility index (Phi) is 4.86. The molecule has 1 saturated carbocycles. The Labute approximate surface area is 119 Å². The second kappa shape index (κ2) is 6.42. The van der Waals surface area contributed by atoms with Crippen molar-refractivity contribution in [1.29, 1.82) is 0 Å². The standard InChI is InChI=1S/C14H22ClN3O/c1-10(2)18-14(19)13(15)12(9-17-18)16-8-7-11-5-3-4-6-11/h9-11,16H,3-8H2,1-2H3. The van der Waals surface area contributed by atoms with E-state index in [0.29, 0.717) is 5.69 Å². The van der Waals surface area contributed by atoms with Crippen LogP contribution < -0.4 is 10.9 Å². The number of anilines is 1. The summed E-state index contributed by atoms with van der Waals surface area (Å²) in [4.78, 5) is 12.0. The summed E-state index contributed by atoms with van der Waals surface area (Å²) in [5.74, 6) is 0.829. The molecular weight excluding hydrogens is 262 g/mol. The minimum absolute atomic E-state index is 0.0255. The largest absolute Gasteiger partial charge is 0.382 e. The lowest BCUT2D eigenvalue weighted by Gasteiger charge is -2.13. The maximum atomic E-state index is 12.0. The second-order valence-corrected chi connectivity index (χ2v) is 5.96. The van der Waals surface area contributed by atoms with Crippen molar-refractivity contribution in [2.45, 2.75) is 52.0 Å². The van der Waals surface area contributed by atoms with Crippen molar-refractivity contribution >= 4 is 17.3 Å². The Morgan fingerprint density at radius 2 is 2.16 bits per heavy atom. The molecule has 1 aliphatic carbocycles. The average molecular weight is 284 g/mol. The fraction of sp³-hybridized carbons (Fsp3) is 0.714. The van der Waals surface area contributed by atoms with Crippen LogP contribution in [0.25, 0.3) is 0 Å². The molecule has 1 heterocycles. The number of rotatable bonds is 5. The molecule has 0 aromatic carbocycles. The highest BCUT2D eigenvalue weighted by Gasteiger charge is 2.15. The summed E-state index contributed by atoms with van der Waals surface area (Å²) in [7, 11) is 0. The summed E-state index contributed by atoms with van der Waals surface area (Å²) in [6, 6.07) is 0.0255. The van der Waals surface area contributed by atoms with Gasteiger partial charge in [0.15, 0.2) is 0 Å². The maximum absolute atomic E-state index is 12.0. The van der Waals surface area contributed by atoms with Crippen LogP contribution in [-0.2, 0) is 0 Å². The first-order valence-electron chi connectivity index (χ1n) is 7.10. The fourth-order valence-corrected chi connectivity index (χ4v) is 2.85. The number of aromatic nitrogens is 2. The SMILES string of the molecule is CC(C)n1ncc(NCCC2CCCC2)c(Cl)c1=O. The summed E-state index contributed by atoms with van der Waals surface area (Å²) in [6.45, 7) is 4.69. The molecule has 4 nitrogen and oxygen atoms in total. The van der Waals surface area contributed by atoms with Gasteiger partial charge in [0.05, 0.1) is 17.9 Å². The van der Waals surface area contributed by atoms with E-state index in [2.05, 4.69) is 10.4 Å². The van der Waals surface area contributed by atoms with E-state index in [0.717, 1.165) is 18.9 Å². The average Bonchev–Trinajstić information content (AvgIpc) is 2.87. The summed E-state index contributed by atoms with van der Waals surface area (Å²) >= 11 is 6.10. The zero-order valence-electron chi connectivity index (χ0n) is 11.7. The van der Waals surface area contributed by atoms with Crippen molar-refractivity contribution in [1.82, 2.24) is 9.78 Å². The number of nitrogens with zero attached hydrogens (tertiary/aromatic N) is 2. The minimum Gasteiger partial charge on any atom is -0.382 e. The molecule has 0 amide bonds. The van der Waals surface area contributed by atoms with Crippen LogP contribution in [0.4, 0.5) is 5.69 Å². The van der Waals surface area contributed by atoms with Crippen LogP contribution in [0.15, 0.2) is 11.0 Å². The van der Waals surface area contributed by atoms with Crippen molar-refractivity contribution in [3.05, 3.63) is 21.6 Å². The van der Waals surface area contributed by atoms with Crippen LogP contribution in [0.1, 0.15) is 52.0 Å². The third-order valence-electron chi connectivity index (χ3n) is 3.78. The Bertz CT molecular complexity index is 478.